The van der Waals surface area contributed by atoms with Crippen LogP contribution in [0, 0.1) is 0 Å². The van der Waals surface area contributed by atoms with E-state index in [0.717, 1.165) is 0 Å². The van der Waals surface area contributed by atoms with Gasteiger partial charge >= 0.3 is 7.76 Å². The number of hydrogen-bond acceptors (Lipinski definition) is 2. The van der Waals surface area contributed by atoms with Gasteiger partial charge in [-0.25, -0.2) is 9.56 Å². The van der Waals surface area contributed by atoms with Gasteiger partial charge in [-0.1, -0.05) is 0 Å². The largest absolute Gasteiger partial charge is 0.427 e. The minimum absolute atomic E-state index is 0.151. The molecule has 0 saturated carbocycles. The van der Waals surface area contributed by atoms with Crippen LogP contribution in [0.15, 0.2) is 17.0 Å². The standard InChI is InChI=1S/C3H2Cl2F2NOP/c4-3(5)8-1-2-10(6,7)9/h1-2H/b2-1+. The van der Waals surface area contributed by atoms with Crippen molar-refractivity contribution in [3.8, 4) is 0 Å². The van der Waals surface area contributed by atoms with Crippen LogP contribution in [0.4, 0.5) is 8.39 Å². The summed E-state index contributed by atoms with van der Waals surface area (Å²) in [6.07, 6.45) is 0.593. The summed E-state index contributed by atoms with van der Waals surface area (Å²) < 4.78 is 32.2. The Labute approximate surface area is 66.1 Å². The van der Waals surface area contributed by atoms with Crippen molar-refractivity contribution in [2.75, 3.05) is 0 Å². The van der Waals surface area contributed by atoms with Crippen molar-refractivity contribution in [3.05, 3.63) is 12.0 Å². The number of hydrogen-bond donors (Lipinski definition) is 0. The molecule has 0 amide bonds. The van der Waals surface area contributed by atoms with Crippen molar-refractivity contribution in [3.63, 3.8) is 0 Å². The quantitative estimate of drug-likeness (QED) is 0.504. The lowest BCUT2D eigenvalue weighted by Gasteiger charge is -1.83. The summed E-state index contributed by atoms with van der Waals surface area (Å²) in [5.74, 6) is 0.151. The van der Waals surface area contributed by atoms with Gasteiger partial charge in [0, 0.05) is 6.20 Å². The summed E-state index contributed by atoms with van der Waals surface area (Å²) in [6, 6.07) is 0. The SMILES string of the molecule is O=P(F)(F)/C=C/N=C(Cl)Cl. The number of nitrogens with zero attached hydrogens (tertiary/aromatic N) is 1. The third-order valence-corrected chi connectivity index (χ3v) is 1.09. The third-order valence-electron chi connectivity index (χ3n) is 0.412. The van der Waals surface area contributed by atoms with Crippen molar-refractivity contribution in [2.45, 2.75) is 0 Å². The van der Waals surface area contributed by atoms with Crippen LogP contribution in [0.3, 0.4) is 0 Å². The van der Waals surface area contributed by atoms with E-state index in [9.17, 15) is 13.0 Å². The number of rotatable bonds is 2. The molecule has 0 aromatic rings. The molecule has 0 heterocycles. The molecular formula is C3H2Cl2F2NOP. The van der Waals surface area contributed by atoms with Gasteiger partial charge < -0.3 is 0 Å². The predicted octanol–water partition coefficient (Wildman–Crippen LogP) is 3.42. The Morgan fingerprint density at radius 3 is 2.30 bits per heavy atom. The zero-order chi connectivity index (χ0) is 8.20. The van der Waals surface area contributed by atoms with E-state index in [1.54, 1.807) is 0 Å². The molecule has 0 aromatic heterocycles. The Bertz CT molecular complexity index is 207. The molecule has 0 N–H and O–H groups in total. The molecule has 0 aliphatic heterocycles. The monoisotopic (exact) mass is 207 g/mol. The molecule has 0 unspecified atom stereocenters. The van der Waals surface area contributed by atoms with Gasteiger partial charge in [0.15, 0.2) is 4.63 Å². The molecule has 58 valence electrons. The molecule has 0 saturated heterocycles. The molecule has 0 spiro atoms. The fraction of sp³-hybridized carbons (Fsp3) is 0. The van der Waals surface area contributed by atoms with E-state index in [0.29, 0.717) is 6.20 Å². The second-order valence-corrected chi connectivity index (χ2v) is 3.38. The van der Waals surface area contributed by atoms with Crippen molar-refractivity contribution in [1.29, 1.82) is 0 Å². The zero-order valence-corrected chi connectivity index (χ0v) is 6.88. The topological polar surface area (TPSA) is 29.4 Å². The zero-order valence-electron chi connectivity index (χ0n) is 4.47. The maximum Gasteiger partial charge on any atom is 0.427 e. The van der Waals surface area contributed by atoms with Crippen molar-refractivity contribution >= 4 is 35.6 Å². The lowest BCUT2D eigenvalue weighted by atomic mass is 11.0. The highest BCUT2D eigenvalue weighted by molar-refractivity contribution is 7.56. The van der Waals surface area contributed by atoms with E-state index in [2.05, 4.69) is 4.99 Å². The Morgan fingerprint density at radius 2 is 2.00 bits per heavy atom. The molecule has 0 aliphatic rings. The summed E-state index contributed by atoms with van der Waals surface area (Å²) >= 11 is 9.87. The van der Waals surface area contributed by atoms with Crippen LogP contribution in [0.2, 0.25) is 0 Å². The Kier molecular flexibility index (Phi) is 4.09. The van der Waals surface area contributed by atoms with Crippen LogP contribution in [0.25, 0.3) is 0 Å². The molecule has 7 heteroatoms. The van der Waals surface area contributed by atoms with Gasteiger partial charge in [-0.3, -0.25) is 0 Å². The number of aliphatic imine (C=N–C) groups is 1. The average Bonchev–Trinajstić information content (AvgIpc) is 1.59. The second kappa shape index (κ2) is 4.06. The van der Waals surface area contributed by atoms with Gasteiger partial charge in [0.25, 0.3) is 0 Å². The van der Waals surface area contributed by atoms with E-state index in [1.807, 2.05) is 0 Å². The van der Waals surface area contributed by atoms with Gasteiger partial charge in [0.05, 0.1) is 5.82 Å². The molecule has 0 aromatic carbocycles. The predicted molar refractivity (Wildman–Crippen MR) is 38.1 cm³/mol. The maximum absolute atomic E-state index is 11.5. The van der Waals surface area contributed by atoms with Crippen molar-refractivity contribution in [1.82, 2.24) is 0 Å². The van der Waals surface area contributed by atoms with E-state index < -0.39 is 12.4 Å². The normalized spacial score (nSPS) is 12.0. The second-order valence-electron chi connectivity index (χ2n) is 1.17. The highest BCUT2D eigenvalue weighted by atomic mass is 35.5. The Balaban J connectivity index is 4.04. The van der Waals surface area contributed by atoms with Gasteiger partial charge in [0.1, 0.15) is 0 Å². The van der Waals surface area contributed by atoms with Crippen LogP contribution < -0.4 is 0 Å². The third kappa shape index (κ3) is 8.08. The van der Waals surface area contributed by atoms with E-state index in [-0.39, 0.29) is 5.82 Å². The van der Waals surface area contributed by atoms with E-state index in [1.165, 1.54) is 0 Å². The van der Waals surface area contributed by atoms with Crippen molar-refractivity contribution < 1.29 is 13.0 Å². The molecular weight excluding hydrogens is 206 g/mol. The fourth-order valence-corrected chi connectivity index (χ4v) is 0.502. The van der Waals surface area contributed by atoms with E-state index >= 15 is 0 Å². The highest BCUT2D eigenvalue weighted by Crippen LogP contribution is 2.50. The smallest absolute Gasteiger partial charge is 0.245 e. The van der Waals surface area contributed by atoms with Crippen LogP contribution in [0.1, 0.15) is 0 Å². The molecule has 0 fully saturated rings. The lowest BCUT2D eigenvalue weighted by Crippen LogP contribution is -1.63. The Morgan fingerprint density at radius 1 is 1.50 bits per heavy atom. The molecule has 0 aliphatic carbocycles. The minimum Gasteiger partial charge on any atom is -0.245 e. The molecule has 0 rings (SSSR count). The van der Waals surface area contributed by atoms with Gasteiger partial charge in [-0.15, -0.1) is 8.39 Å². The summed E-state index contributed by atoms with van der Waals surface area (Å²) in [5, 5.41) is 0. The minimum atomic E-state index is -5.13. The summed E-state index contributed by atoms with van der Waals surface area (Å²) in [6.45, 7) is 0. The molecule has 2 nitrogen and oxygen atoms in total. The summed E-state index contributed by atoms with van der Waals surface area (Å²) in [4.78, 5) is 3.02. The first kappa shape index (κ1) is 10.1. The first-order valence-corrected chi connectivity index (χ1v) is 4.29. The van der Waals surface area contributed by atoms with E-state index in [4.69, 9.17) is 23.2 Å². The van der Waals surface area contributed by atoms with Gasteiger partial charge in [-0.05, 0) is 23.2 Å². The average molecular weight is 208 g/mol. The molecule has 10 heavy (non-hydrogen) atoms. The van der Waals surface area contributed by atoms with Crippen LogP contribution in [-0.2, 0) is 4.57 Å². The first-order valence-electron chi connectivity index (χ1n) is 1.97. The summed E-state index contributed by atoms with van der Waals surface area (Å²) in [5.41, 5.74) is 0. The molecule has 0 bridgehead atoms. The Hall–Kier alpha value is 0.0800. The molecule has 0 radical (unpaired) electrons. The summed E-state index contributed by atoms with van der Waals surface area (Å²) in [7, 11) is -5.13. The van der Waals surface area contributed by atoms with Crippen LogP contribution >= 0.6 is 31.0 Å². The highest BCUT2D eigenvalue weighted by Gasteiger charge is 2.11. The fourth-order valence-electron chi connectivity index (χ4n) is 0.167. The first-order chi connectivity index (χ1) is 4.42. The van der Waals surface area contributed by atoms with Crippen LogP contribution in [0.5, 0.6) is 0 Å². The molecule has 0 atom stereocenters. The maximum atomic E-state index is 11.5. The number of halogens is 4. The van der Waals surface area contributed by atoms with Crippen LogP contribution in [-0.4, -0.2) is 4.63 Å². The van der Waals surface area contributed by atoms with Gasteiger partial charge in [0.2, 0.25) is 0 Å². The lowest BCUT2D eigenvalue weighted by molar-refractivity contribution is 0.506. The van der Waals surface area contributed by atoms with Crippen molar-refractivity contribution in [2.24, 2.45) is 4.99 Å². The van der Waals surface area contributed by atoms with Gasteiger partial charge in [-0.2, -0.15) is 0 Å².